The van der Waals surface area contributed by atoms with E-state index in [1.807, 2.05) is 0 Å². The number of carboxylic acids is 5. The van der Waals surface area contributed by atoms with Crippen LogP contribution in [-0.2, 0) is 42.5 Å². The number of aliphatic carboxylic acids is 5. The molecule has 26 heteroatoms. The molecule has 0 aromatic carbocycles. The van der Waals surface area contributed by atoms with E-state index >= 15 is 0 Å². The molecule has 0 fully saturated rings. The second-order valence-electron chi connectivity index (χ2n) is 3.93. The molecule has 0 N–H and O–H groups in total. The van der Waals surface area contributed by atoms with E-state index in [0.29, 0.717) is 0 Å². The minimum Gasteiger partial charge on any atom is -0.542 e. The van der Waals surface area contributed by atoms with Crippen molar-refractivity contribution in [3.8, 4) is 0 Å². The van der Waals surface area contributed by atoms with Crippen LogP contribution >= 0.6 is 0 Å². The molecule has 0 atom stereocenters. The molecule has 0 radical (unpaired) electrons. The van der Waals surface area contributed by atoms with E-state index in [1.165, 1.54) is 0 Å². The van der Waals surface area contributed by atoms with Gasteiger partial charge >= 0.3 is 49.4 Å². The van der Waals surface area contributed by atoms with Crippen molar-refractivity contribution in [1.82, 2.24) is 0 Å². The van der Waals surface area contributed by atoms with Crippen LogP contribution in [0.5, 0.6) is 0 Å². The second kappa shape index (κ2) is 17.3. The van der Waals surface area contributed by atoms with Gasteiger partial charge in [-0.1, -0.05) is 0 Å². The van der Waals surface area contributed by atoms with E-state index in [1.54, 1.807) is 0 Å². The number of rotatable bonds is 0. The van der Waals surface area contributed by atoms with Gasteiger partial charge in [-0.2, -0.15) is 65.9 Å². The summed E-state index contributed by atoms with van der Waals surface area (Å²) in [4.78, 5) is 43.9. The summed E-state index contributed by atoms with van der Waals surface area (Å²) in [7, 11) is 0. The van der Waals surface area contributed by atoms with Gasteiger partial charge in [-0.15, -0.1) is 0 Å². The molecular weight excluding hydrogens is 616 g/mol. The molecule has 0 heterocycles. The molecule has 0 bridgehead atoms. The van der Waals surface area contributed by atoms with Crippen LogP contribution in [0.2, 0.25) is 0 Å². The zero-order chi connectivity index (χ0) is 30.4. The number of alkyl halides is 15. The van der Waals surface area contributed by atoms with E-state index in [4.69, 9.17) is 49.5 Å². The Balaban J connectivity index is -0.0000000776. The zero-order valence-electron chi connectivity index (χ0n) is 15.2. The summed E-state index contributed by atoms with van der Waals surface area (Å²) in [5.41, 5.74) is 0. The fourth-order valence-corrected chi connectivity index (χ4v) is 0. The molecule has 0 rings (SSSR count). The number of carbonyl (C=O) groups is 5. The van der Waals surface area contributed by atoms with Crippen LogP contribution in [0.25, 0.3) is 0 Å². The van der Waals surface area contributed by atoms with Gasteiger partial charge in [0.15, 0.2) is 0 Å². The summed E-state index contributed by atoms with van der Waals surface area (Å²) in [5.74, 6) is -15.0. The monoisotopic (exact) mass is 616 g/mol. The molecule has 0 aromatic heterocycles. The molecule has 210 valence electrons. The van der Waals surface area contributed by atoms with Crippen LogP contribution in [0, 0.1) is 0 Å². The molecule has 0 saturated carbocycles. The second-order valence-corrected chi connectivity index (χ2v) is 3.93. The fourth-order valence-electron chi connectivity index (χ4n) is 0. The molecule has 0 amide bonds. The number of hydrogen-bond donors (Lipinski definition) is 0. The average Bonchev–Trinajstić information content (AvgIpc) is 2.52. The minimum atomic E-state index is -5.19. The van der Waals surface area contributed by atoms with Crippen molar-refractivity contribution in [2.45, 2.75) is 30.9 Å². The van der Waals surface area contributed by atoms with E-state index in [9.17, 15) is 65.9 Å². The summed E-state index contributed by atoms with van der Waals surface area (Å²) >= 11 is 0. The quantitative estimate of drug-likeness (QED) is 0.246. The van der Waals surface area contributed by atoms with Crippen molar-refractivity contribution in [3.63, 3.8) is 0 Å². The molecule has 0 unspecified atom stereocenters. The summed E-state index contributed by atoms with van der Waals surface area (Å²) in [6.07, 6.45) is -26.0. The predicted molar refractivity (Wildman–Crippen MR) is 55.3 cm³/mol. The summed E-state index contributed by atoms with van der Waals surface area (Å²) in [5, 5.41) is 43.9. The van der Waals surface area contributed by atoms with Gasteiger partial charge in [-0.05, 0) is 0 Å². The molecule has 10 nitrogen and oxygen atoms in total. The van der Waals surface area contributed by atoms with Crippen LogP contribution in [0.3, 0.4) is 0 Å². The third-order valence-corrected chi connectivity index (χ3v) is 1.16. The Morgan fingerprint density at radius 2 is 0.333 bits per heavy atom. The van der Waals surface area contributed by atoms with E-state index < -0.39 is 60.7 Å². The van der Waals surface area contributed by atoms with Gasteiger partial charge in [-0.25, -0.2) is 0 Å². The van der Waals surface area contributed by atoms with Crippen molar-refractivity contribution in [3.05, 3.63) is 0 Å². The van der Waals surface area contributed by atoms with Crippen LogP contribution in [-0.4, -0.2) is 60.7 Å². The molecule has 0 saturated heterocycles. The number of carbonyl (C=O) groups excluding carboxylic acids is 5. The van der Waals surface area contributed by atoms with Gasteiger partial charge in [0, 0.05) is 0 Å². The number of hydrogen-bond acceptors (Lipinski definition) is 10. The third-order valence-electron chi connectivity index (χ3n) is 1.16. The Morgan fingerprint density at radius 1 is 0.306 bits per heavy atom. The largest absolute Gasteiger partial charge is 5.00 e. The number of carboxylic acid groups (broad SMARTS) is 5. The van der Waals surface area contributed by atoms with Gasteiger partial charge in [0.25, 0.3) is 0 Å². The summed E-state index contributed by atoms with van der Waals surface area (Å²) < 4.78 is 158. The smallest absolute Gasteiger partial charge is 0.542 e. The Labute approximate surface area is 195 Å². The first kappa shape index (κ1) is 46.3. The van der Waals surface area contributed by atoms with Crippen LogP contribution in [0.1, 0.15) is 0 Å². The molecule has 36 heavy (non-hydrogen) atoms. The van der Waals surface area contributed by atoms with E-state index in [2.05, 4.69) is 0 Å². The topological polar surface area (TPSA) is 201 Å². The minimum absolute atomic E-state index is 0. The van der Waals surface area contributed by atoms with Crippen LogP contribution in [0.15, 0.2) is 0 Å². The fraction of sp³-hybridized carbons (Fsp3) is 0.500. The van der Waals surface area contributed by atoms with Crippen molar-refractivity contribution < 1.29 is 134 Å². The summed E-state index contributed by atoms with van der Waals surface area (Å²) in [6, 6.07) is 0. The molecule has 0 aliphatic heterocycles. The molecular formula is C10F15O10V. The normalized spacial score (nSPS) is 11.0. The van der Waals surface area contributed by atoms with Crippen molar-refractivity contribution in [2.75, 3.05) is 0 Å². The van der Waals surface area contributed by atoms with Gasteiger partial charge in [0.2, 0.25) is 0 Å². The Hall–Kier alpha value is -3.12. The SMILES string of the molecule is O=C([O-])C(F)(F)F.O=C([O-])C(F)(F)F.O=C([O-])C(F)(F)F.O=C([O-])C(F)(F)F.O=C([O-])C(F)(F)F.[V+5]. The Kier molecular flexibility index (Phi) is 22.3. The van der Waals surface area contributed by atoms with E-state index in [-0.39, 0.29) is 18.6 Å². The van der Waals surface area contributed by atoms with Gasteiger partial charge < -0.3 is 49.5 Å². The number of halogens is 15. The first-order valence-corrected chi connectivity index (χ1v) is 6.13. The first-order chi connectivity index (χ1) is 14.7. The van der Waals surface area contributed by atoms with Gasteiger partial charge in [-0.3, -0.25) is 0 Å². The average molecular weight is 616 g/mol. The molecule has 0 aromatic rings. The first-order valence-electron chi connectivity index (χ1n) is 6.13. The third kappa shape index (κ3) is 38.2. The van der Waals surface area contributed by atoms with Gasteiger partial charge in [0.1, 0.15) is 29.8 Å². The maximum absolute atomic E-state index is 10.5. The van der Waals surface area contributed by atoms with Crippen molar-refractivity contribution in [2.24, 2.45) is 0 Å². The van der Waals surface area contributed by atoms with Crippen molar-refractivity contribution >= 4 is 29.8 Å². The zero-order valence-corrected chi connectivity index (χ0v) is 16.6. The standard InChI is InChI=1S/5C2HF3O2.V/c5*3-2(4,5)1(6)7;/h5*(H,6,7);/q;;;;;+5/p-5. The predicted octanol–water partition coefficient (Wildman–Crippen LogP) is -3.51. The van der Waals surface area contributed by atoms with Crippen LogP contribution in [0.4, 0.5) is 65.9 Å². The van der Waals surface area contributed by atoms with Crippen LogP contribution < -0.4 is 25.5 Å². The summed E-state index contributed by atoms with van der Waals surface area (Å²) in [6.45, 7) is 0. The Bertz CT molecular complexity index is 563. The maximum Gasteiger partial charge on any atom is 5.00 e. The van der Waals surface area contributed by atoms with Crippen molar-refractivity contribution in [1.29, 1.82) is 0 Å². The van der Waals surface area contributed by atoms with E-state index in [0.717, 1.165) is 0 Å². The maximum atomic E-state index is 10.5. The molecule has 0 spiro atoms. The molecule has 0 aliphatic carbocycles. The Morgan fingerprint density at radius 3 is 0.333 bits per heavy atom. The van der Waals surface area contributed by atoms with Gasteiger partial charge in [0.05, 0.1) is 0 Å². The molecule has 0 aliphatic rings.